The van der Waals surface area contributed by atoms with Crippen molar-refractivity contribution in [2.45, 2.75) is 39.7 Å². The summed E-state index contributed by atoms with van der Waals surface area (Å²) in [6, 6.07) is 7.86. The average molecular weight is 273 g/mol. The standard InChI is InChI=1S/C15H19N3O2/c1-3-4-8-13(19)16-10-14-17-18-15(20-14)12-7-5-6-11(2)9-12/h5-7,9H,3-4,8,10H2,1-2H3,(H,16,19). The molecule has 1 heterocycles. The van der Waals surface area contributed by atoms with E-state index in [1.807, 2.05) is 31.2 Å². The van der Waals surface area contributed by atoms with Crippen molar-refractivity contribution in [2.24, 2.45) is 0 Å². The van der Waals surface area contributed by atoms with E-state index in [1.54, 1.807) is 0 Å². The first kappa shape index (κ1) is 14.2. The molecule has 20 heavy (non-hydrogen) atoms. The molecule has 0 bridgehead atoms. The molecule has 0 unspecified atom stereocenters. The molecule has 0 saturated carbocycles. The van der Waals surface area contributed by atoms with Gasteiger partial charge in [-0.05, 0) is 25.5 Å². The molecular weight excluding hydrogens is 254 g/mol. The van der Waals surface area contributed by atoms with Gasteiger partial charge in [-0.2, -0.15) is 0 Å². The van der Waals surface area contributed by atoms with Gasteiger partial charge in [0.05, 0.1) is 6.54 Å². The molecule has 1 aromatic heterocycles. The van der Waals surface area contributed by atoms with Crippen LogP contribution in [0.1, 0.15) is 37.6 Å². The third-order valence-electron chi connectivity index (χ3n) is 2.93. The molecule has 1 N–H and O–H groups in total. The lowest BCUT2D eigenvalue weighted by Gasteiger charge is -2.00. The van der Waals surface area contributed by atoms with E-state index in [9.17, 15) is 4.79 Å². The molecule has 0 saturated heterocycles. The van der Waals surface area contributed by atoms with Gasteiger partial charge in [0.15, 0.2) is 0 Å². The molecule has 0 radical (unpaired) electrons. The smallest absolute Gasteiger partial charge is 0.247 e. The zero-order valence-corrected chi connectivity index (χ0v) is 11.8. The van der Waals surface area contributed by atoms with Crippen LogP contribution in [0, 0.1) is 6.92 Å². The fourth-order valence-corrected chi connectivity index (χ4v) is 1.82. The minimum atomic E-state index is 0.0159. The van der Waals surface area contributed by atoms with Gasteiger partial charge in [0.1, 0.15) is 0 Å². The van der Waals surface area contributed by atoms with E-state index in [0.29, 0.717) is 18.2 Å². The van der Waals surface area contributed by atoms with Gasteiger partial charge in [0, 0.05) is 12.0 Å². The van der Waals surface area contributed by atoms with Crippen molar-refractivity contribution in [3.63, 3.8) is 0 Å². The van der Waals surface area contributed by atoms with Crippen LogP contribution in [0.2, 0.25) is 0 Å². The van der Waals surface area contributed by atoms with Crippen LogP contribution in [0.3, 0.4) is 0 Å². The number of aromatic nitrogens is 2. The normalized spacial score (nSPS) is 10.5. The summed E-state index contributed by atoms with van der Waals surface area (Å²) in [5.41, 5.74) is 2.02. The average Bonchev–Trinajstić information content (AvgIpc) is 2.92. The Morgan fingerprint density at radius 3 is 2.95 bits per heavy atom. The van der Waals surface area contributed by atoms with Crippen LogP contribution in [-0.2, 0) is 11.3 Å². The molecule has 0 atom stereocenters. The summed E-state index contributed by atoms with van der Waals surface area (Å²) in [6.07, 6.45) is 2.44. The molecule has 0 spiro atoms. The highest BCUT2D eigenvalue weighted by molar-refractivity contribution is 5.75. The highest BCUT2D eigenvalue weighted by Crippen LogP contribution is 2.18. The molecule has 0 aliphatic carbocycles. The lowest BCUT2D eigenvalue weighted by Crippen LogP contribution is -2.22. The zero-order valence-electron chi connectivity index (χ0n) is 11.8. The van der Waals surface area contributed by atoms with Crippen molar-refractivity contribution in [1.82, 2.24) is 15.5 Å². The van der Waals surface area contributed by atoms with Crippen molar-refractivity contribution in [2.75, 3.05) is 0 Å². The molecule has 5 heteroatoms. The Morgan fingerprint density at radius 1 is 1.35 bits per heavy atom. The first-order chi connectivity index (χ1) is 9.69. The van der Waals surface area contributed by atoms with Crippen molar-refractivity contribution in [3.8, 4) is 11.5 Å². The summed E-state index contributed by atoms with van der Waals surface area (Å²) in [6.45, 7) is 4.34. The third kappa shape index (κ3) is 3.91. The van der Waals surface area contributed by atoms with Crippen LogP contribution in [0.15, 0.2) is 28.7 Å². The van der Waals surface area contributed by atoms with E-state index >= 15 is 0 Å². The minimum Gasteiger partial charge on any atom is -0.419 e. The quantitative estimate of drug-likeness (QED) is 0.878. The second-order valence-electron chi connectivity index (χ2n) is 4.75. The summed E-state index contributed by atoms with van der Waals surface area (Å²) in [5, 5.41) is 10.7. The largest absolute Gasteiger partial charge is 0.419 e. The van der Waals surface area contributed by atoms with Gasteiger partial charge < -0.3 is 9.73 Å². The number of carbonyl (C=O) groups excluding carboxylic acids is 1. The molecule has 0 fully saturated rings. The number of hydrogen-bond donors (Lipinski definition) is 1. The van der Waals surface area contributed by atoms with Crippen LogP contribution < -0.4 is 5.32 Å². The number of rotatable bonds is 6. The lowest BCUT2D eigenvalue weighted by atomic mass is 10.1. The molecule has 2 rings (SSSR count). The number of carbonyl (C=O) groups is 1. The molecule has 2 aromatic rings. The second kappa shape index (κ2) is 6.84. The van der Waals surface area contributed by atoms with Crippen LogP contribution in [0.4, 0.5) is 0 Å². The van der Waals surface area contributed by atoms with Gasteiger partial charge in [0.2, 0.25) is 17.7 Å². The Kier molecular flexibility index (Phi) is 4.87. The predicted octanol–water partition coefficient (Wildman–Crippen LogP) is 2.85. The van der Waals surface area contributed by atoms with Crippen molar-refractivity contribution >= 4 is 5.91 Å². The van der Waals surface area contributed by atoms with Gasteiger partial charge in [-0.25, -0.2) is 0 Å². The topological polar surface area (TPSA) is 68.0 Å². The molecular formula is C15H19N3O2. The summed E-state index contributed by atoms with van der Waals surface area (Å²) in [5.74, 6) is 0.917. The van der Waals surface area contributed by atoms with Crippen LogP contribution in [0.5, 0.6) is 0 Å². The Labute approximate surface area is 118 Å². The second-order valence-corrected chi connectivity index (χ2v) is 4.75. The summed E-state index contributed by atoms with van der Waals surface area (Å²) in [7, 11) is 0. The molecule has 1 amide bonds. The Hall–Kier alpha value is -2.17. The maximum Gasteiger partial charge on any atom is 0.247 e. The number of amides is 1. The van der Waals surface area contributed by atoms with Crippen molar-refractivity contribution < 1.29 is 9.21 Å². The van der Waals surface area contributed by atoms with Gasteiger partial charge in [-0.15, -0.1) is 10.2 Å². The predicted molar refractivity (Wildman–Crippen MR) is 75.8 cm³/mol. The molecule has 5 nitrogen and oxygen atoms in total. The summed E-state index contributed by atoms with van der Waals surface area (Å²) < 4.78 is 5.54. The Bertz CT molecular complexity index is 578. The van der Waals surface area contributed by atoms with E-state index < -0.39 is 0 Å². The number of unbranched alkanes of at least 4 members (excludes halogenated alkanes) is 1. The lowest BCUT2D eigenvalue weighted by molar-refractivity contribution is -0.121. The summed E-state index contributed by atoms with van der Waals surface area (Å²) in [4.78, 5) is 11.5. The van der Waals surface area contributed by atoms with E-state index in [1.165, 1.54) is 0 Å². The van der Waals surface area contributed by atoms with Crippen LogP contribution in [0.25, 0.3) is 11.5 Å². The molecule has 0 aliphatic rings. The number of hydrogen-bond acceptors (Lipinski definition) is 4. The highest BCUT2D eigenvalue weighted by Gasteiger charge is 2.09. The Balaban J connectivity index is 1.94. The van der Waals surface area contributed by atoms with E-state index in [2.05, 4.69) is 22.4 Å². The molecule has 1 aromatic carbocycles. The van der Waals surface area contributed by atoms with Gasteiger partial charge >= 0.3 is 0 Å². The maximum absolute atomic E-state index is 11.5. The first-order valence-corrected chi connectivity index (χ1v) is 6.85. The van der Waals surface area contributed by atoms with Crippen LogP contribution >= 0.6 is 0 Å². The highest BCUT2D eigenvalue weighted by atomic mass is 16.4. The van der Waals surface area contributed by atoms with E-state index in [0.717, 1.165) is 24.0 Å². The SMILES string of the molecule is CCCCC(=O)NCc1nnc(-c2cccc(C)c2)o1. The number of benzene rings is 1. The van der Waals surface area contributed by atoms with Crippen molar-refractivity contribution in [3.05, 3.63) is 35.7 Å². The fraction of sp³-hybridized carbons (Fsp3) is 0.400. The first-order valence-electron chi connectivity index (χ1n) is 6.85. The molecule has 106 valence electrons. The van der Waals surface area contributed by atoms with Crippen molar-refractivity contribution in [1.29, 1.82) is 0 Å². The monoisotopic (exact) mass is 273 g/mol. The van der Waals surface area contributed by atoms with Gasteiger partial charge in [-0.3, -0.25) is 4.79 Å². The van der Waals surface area contributed by atoms with Crippen LogP contribution in [-0.4, -0.2) is 16.1 Å². The van der Waals surface area contributed by atoms with E-state index in [-0.39, 0.29) is 12.5 Å². The van der Waals surface area contributed by atoms with E-state index in [4.69, 9.17) is 4.42 Å². The summed E-state index contributed by atoms with van der Waals surface area (Å²) >= 11 is 0. The third-order valence-corrected chi connectivity index (χ3v) is 2.93. The van der Waals surface area contributed by atoms with Gasteiger partial charge in [0.25, 0.3) is 0 Å². The number of nitrogens with one attached hydrogen (secondary N) is 1. The Morgan fingerprint density at radius 2 is 2.20 bits per heavy atom. The molecule has 0 aliphatic heterocycles. The number of nitrogens with zero attached hydrogens (tertiary/aromatic N) is 2. The minimum absolute atomic E-state index is 0.0159. The number of aryl methyl sites for hydroxylation is 1. The maximum atomic E-state index is 11.5. The fourth-order valence-electron chi connectivity index (χ4n) is 1.82. The van der Waals surface area contributed by atoms with Gasteiger partial charge in [-0.1, -0.05) is 31.0 Å². The zero-order chi connectivity index (χ0) is 14.4.